The Morgan fingerprint density at radius 1 is 1.00 bits per heavy atom. The Kier molecular flexibility index (Phi) is 5.18. The van der Waals surface area contributed by atoms with Gasteiger partial charge in [-0.3, -0.25) is 4.98 Å². The van der Waals surface area contributed by atoms with E-state index in [4.69, 9.17) is 0 Å². The summed E-state index contributed by atoms with van der Waals surface area (Å²) < 4.78 is 49.4. The maximum Gasteiger partial charge on any atom is 0.242 e. The van der Waals surface area contributed by atoms with Crippen LogP contribution in [0.15, 0.2) is 58.5 Å². The summed E-state index contributed by atoms with van der Waals surface area (Å²) in [5.41, 5.74) is 0.791. The van der Waals surface area contributed by atoms with Crippen LogP contribution in [0, 0.1) is 0 Å². The van der Waals surface area contributed by atoms with E-state index in [1.807, 2.05) is 12.1 Å². The van der Waals surface area contributed by atoms with Crippen molar-refractivity contribution in [1.82, 2.24) is 9.29 Å². The lowest BCUT2D eigenvalue weighted by Crippen LogP contribution is -2.29. The van der Waals surface area contributed by atoms with Crippen LogP contribution in [0.25, 0.3) is 0 Å². The largest absolute Gasteiger partial charge is 0.261 e. The Bertz CT molecular complexity index is 879. The molecule has 0 atom stereocenters. The van der Waals surface area contributed by atoms with Gasteiger partial charge < -0.3 is 0 Å². The molecule has 2 aromatic rings. The summed E-state index contributed by atoms with van der Waals surface area (Å²) in [6.45, 7) is 0.252. The molecule has 0 aliphatic carbocycles. The number of nitrogens with zero attached hydrogens (tertiary/aromatic N) is 2. The first kappa shape index (κ1) is 17.6. The molecule has 0 spiro atoms. The fourth-order valence-corrected chi connectivity index (χ4v) is 3.94. The maximum absolute atomic E-state index is 12.5. The fraction of sp³-hybridized carbons (Fsp3) is 0.267. The van der Waals surface area contributed by atoms with Gasteiger partial charge in [0.05, 0.1) is 9.79 Å². The Labute approximate surface area is 136 Å². The number of sulfone groups is 1. The first-order valence-electron chi connectivity index (χ1n) is 6.87. The standard InChI is InChI=1S/C15H18N2O4S2/c1-17(11-9-13-6-3-4-10-16-13)23(20,21)15-8-5-7-14(12-15)22(2,18)19/h3-8,10,12H,9,11H2,1-2H3. The second kappa shape index (κ2) is 6.77. The minimum Gasteiger partial charge on any atom is -0.261 e. The molecule has 0 unspecified atom stereocenters. The van der Waals surface area contributed by atoms with E-state index in [1.54, 1.807) is 12.3 Å². The van der Waals surface area contributed by atoms with Crippen LogP contribution >= 0.6 is 0 Å². The van der Waals surface area contributed by atoms with Crippen molar-refractivity contribution in [3.8, 4) is 0 Å². The molecule has 0 saturated carbocycles. The van der Waals surface area contributed by atoms with Crippen LogP contribution in [-0.2, 0) is 26.3 Å². The Morgan fingerprint density at radius 2 is 1.70 bits per heavy atom. The number of benzene rings is 1. The predicted molar refractivity (Wildman–Crippen MR) is 87.3 cm³/mol. The molecule has 0 aliphatic rings. The van der Waals surface area contributed by atoms with Crippen molar-refractivity contribution in [3.05, 3.63) is 54.4 Å². The zero-order chi connectivity index (χ0) is 17.1. The van der Waals surface area contributed by atoms with Crippen molar-refractivity contribution >= 4 is 19.9 Å². The number of hydrogen-bond acceptors (Lipinski definition) is 5. The molecule has 6 nitrogen and oxygen atoms in total. The number of pyridine rings is 1. The summed E-state index contributed by atoms with van der Waals surface area (Å²) in [4.78, 5) is 4.10. The van der Waals surface area contributed by atoms with Gasteiger partial charge in [0.25, 0.3) is 0 Å². The third-order valence-corrected chi connectivity index (χ3v) is 6.31. The molecule has 0 saturated heterocycles. The molecule has 0 radical (unpaired) electrons. The molecule has 1 aromatic heterocycles. The zero-order valence-corrected chi connectivity index (χ0v) is 14.5. The average Bonchev–Trinajstić information content (AvgIpc) is 2.53. The zero-order valence-electron chi connectivity index (χ0n) is 12.9. The topological polar surface area (TPSA) is 84.4 Å². The Balaban J connectivity index is 2.21. The molecule has 1 heterocycles. The maximum atomic E-state index is 12.5. The van der Waals surface area contributed by atoms with E-state index in [0.717, 1.165) is 11.9 Å². The molecule has 0 fully saturated rings. The summed E-state index contributed by atoms with van der Waals surface area (Å²) in [5, 5.41) is 0. The number of sulfonamides is 1. The van der Waals surface area contributed by atoms with Crippen LogP contribution in [0.5, 0.6) is 0 Å². The molecule has 0 N–H and O–H groups in total. The molecule has 0 aliphatic heterocycles. The first-order valence-corrected chi connectivity index (χ1v) is 10.2. The second-order valence-electron chi connectivity index (χ2n) is 5.14. The van der Waals surface area contributed by atoms with E-state index in [2.05, 4.69) is 4.98 Å². The lowest BCUT2D eigenvalue weighted by molar-refractivity contribution is 0.471. The van der Waals surface area contributed by atoms with Crippen molar-refractivity contribution in [1.29, 1.82) is 0 Å². The normalized spacial score (nSPS) is 12.5. The summed E-state index contributed by atoms with van der Waals surface area (Å²) in [6, 6.07) is 10.8. The van der Waals surface area contributed by atoms with Crippen molar-refractivity contribution in [2.24, 2.45) is 0 Å². The Morgan fingerprint density at radius 3 is 2.30 bits per heavy atom. The summed E-state index contributed by atoms with van der Waals surface area (Å²) >= 11 is 0. The van der Waals surface area contributed by atoms with Crippen LogP contribution < -0.4 is 0 Å². The van der Waals surface area contributed by atoms with E-state index in [1.165, 1.54) is 35.6 Å². The van der Waals surface area contributed by atoms with Gasteiger partial charge in [0, 0.05) is 38.2 Å². The lowest BCUT2D eigenvalue weighted by Gasteiger charge is -2.17. The number of hydrogen-bond donors (Lipinski definition) is 0. The van der Waals surface area contributed by atoms with Crippen molar-refractivity contribution < 1.29 is 16.8 Å². The minimum absolute atomic E-state index is 0.0169. The molecular formula is C15H18N2O4S2. The van der Waals surface area contributed by atoms with Crippen LogP contribution in [-0.4, -0.2) is 46.0 Å². The van der Waals surface area contributed by atoms with E-state index in [0.29, 0.717) is 6.42 Å². The van der Waals surface area contributed by atoms with E-state index in [9.17, 15) is 16.8 Å². The van der Waals surface area contributed by atoms with E-state index >= 15 is 0 Å². The molecule has 0 bridgehead atoms. The van der Waals surface area contributed by atoms with Crippen LogP contribution in [0.3, 0.4) is 0 Å². The highest BCUT2D eigenvalue weighted by Crippen LogP contribution is 2.19. The average molecular weight is 354 g/mol. The summed E-state index contributed by atoms with van der Waals surface area (Å²) in [7, 11) is -5.75. The predicted octanol–water partition coefficient (Wildman–Crippen LogP) is 1.35. The van der Waals surface area contributed by atoms with Gasteiger partial charge in [-0.1, -0.05) is 12.1 Å². The molecule has 2 rings (SSSR count). The monoisotopic (exact) mass is 354 g/mol. The molecule has 0 amide bonds. The van der Waals surface area contributed by atoms with Crippen LogP contribution in [0.4, 0.5) is 0 Å². The highest BCUT2D eigenvalue weighted by molar-refractivity contribution is 7.91. The van der Waals surface area contributed by atoms with Gasteiger partial charge in [0.2, 0.25) is 10.0 Å². The third kappa shape index (κ3) is 4.37. The van der Waals surface area contributed by atoms with Crippen molar-refractivity contribution in [3.63, 3.8) is 0 Å². The van der Waals surface area contributed by atoms with Gasteiger partial charge in [-0.25, -0.2) is 21.1 Å². The molecule has 124 valence electrons. The third-order valence-electron chi connectivity index (χ3n) is 3.35. The number of rotatable bonds is 6. The number of aromatic nitrogens is 1. The smallest absolute Gasteiger partial charge is 0.242 e. The van der Waals surface area contributed by atoms with Gasteiger partial charge in [0.1, 0.15) is 0 Å². The quantitative estimate of drug-likeness (QED) is 0.782. The second-order valence-corrected chi connectivity index (χ2v) is 9.21. The van der Waals surface area contributed by atoms with Crippen molar-refractivity contribution in [2.75, 3.05) is 19.8 Å². The number of likely N-dealkylation sites (N-methyl/N-ethyl adjacent to an activating group) is 1. The van der Waals surface area contributed by atoms with E-state index < -0.39 is 19.9 Å². The van der Waals surface area contributed by atoms with Gasteiger partial charge in [-0.15, -0.1) is 0 Å². The fourth-order valence-electron chi connectivity index (χ4n) is 1.98. The molecule has 1 aromatic carbocycles. The van der Waals surface area contributed by atoms with Crippen LogP contribution in [0.2, 0.25) is 0 Å². The van der Waals surface area contributed by atoms with Crippen molar-refractivity contribution in [2.45, 2.75) is 16.2 Å². The highest BCUT2D eigenvalue weighted by atomic mass is 32.2. The van der Waals surface area contributed by atoms with Gasteiger partial charge in [0.15, 0.2) is 9.84 Å². The lowest BCUT2D eigenvalue weighted by atomic mass is 10.3. The summed E-state index contributed by atoms with van der Waals surface area (Å²) in [5.74, 6) is 0. The molecule has 8 heteroatoms. The van der Waals surface area contributed by atoms with Gasteiger partial charge in [-0.2, -0.15) is 0 Å². The van der Waals surface area contributed by atoms with Crippen LogP contribution in [0.1, 0.15) is 5.69 Å². The van der Waals surface area contributed by atoms with E-state index in [-0.39, 0.29) is 16.3 Å². The first-order chi connectivity index (χ1) is 10.7. The highest BCUT2D eigenvalue weighted by Gasteiger charge is 2.22. The molecule has 23 heavy (non-hydrogen) atoms. The van der Waals surface area contributed by atoms with Gasteiger partial charge >= 0.3 is 0 Å². The Hall–Kier alpha value is -1.77. The SMILES string of the molecule is CN(CCc1ccccn1)S(=O)(=O)c1cccc(S(C)(=O)=O)c1. The molecular weight excluding hydrogens is 336 g/mol. The van der Waals surface area contributed by atoms with Gasteiger partial charge in [-0.05, 0) is 30.3 Å². The summed E-state index contributed by atoms with van der Waals surface area (Å²) in [6.07, 6.45) is 3.17. The minimum atomic E-state index is -3.75.